The SMILES string of the molecule is CCCCC(F)(F)C(C)(O)/C=C/C1CCC(=O)N1CC(O)CCCCC(=O)O. The molecular weight excluding hydrogens is 372 g/mol. The number of hydrogen-bond donors (Lipinski definition) is 3. The lowest BCUT2D eigenvalue weighted by Gasteiger charge is -2.31. The Bertz CT molecular complexity index is 551. The lowest BCUT2D eigenvalue weighted by Crippen LogP contribution is -2.44. The van der Waals surface area contributed by atoms with Gasteiger partial charge in [0.25, 0.3) is 5.92 Å². The summed E-state index contributed by atoms with van der Waals surface area (Å²) in [6.07, 6.45) is 4.24. The van der Waals surface area contributed by atoms with Crippen LogP contribution in [0, 0.1) is 0 Å². The number of unbranched alkanes of at least 4 members (excludes halogenated alkanes) is 2. The number of alkyl halides is 2. The molecule has 1 aliphatic rings. The molecule has 3 unspecified atom stereocenters. The van der Waals surface area contributed by atoms with Crippen LogP contribution in [0.15, 0.2) is 12.2 Å². The number of halogens is 2. The first-order valence-corrected chi connectivity index (χ1v) is 9.99. The van der Waals surface area contributed by atoms with Gasteiger partial charge >= 0.3 is 5.97 Å². The third-order valence-corrected chi connectivity index (χ3v) is 5.19. The Balaban J connectivity index is 2.65. The number of β-amino-alcohol motifs (C(OH)–C–C–N with tert-alkyl or cyclic N) is 1. The normalized spacial score (nSPS) is 21.3. The second-order valence-corrected chi connectivity index (χ2v) is 7.76. The first kappa shape index (κ1) is 24.5. The van der Waals surface area contributed by atoms with Gasteiger partial charge in [-0.1, -0.05) is 25.8 Å². The quantitative estimate of drug-likeness (QED) is 0.323. The summed E-state index contributed by atoms with van der Waals surface area (Å²) in [4.78, 5) is 24.0. The van der Waals surface area contributed by atoms with Crippen molar-refractivity contribution in [1.82, 2.24) is 4.90 Å². The van der Waals surface area contributed by atoms with Crippen molar-refractivity contribution >= 4 is 11.9 Å². The standard InChI is InChI=1S/C20H33F2NO5/c1-3-4-12-20(21,22)19(2,28)13-11-15-9-10-17(25)23(15)14-16(24)7-5-6-8-18(26)27/h11,13,15-16,24,28H,3-10,12,14H2,1-2H3,(H,26,27)/b13-11+. The first-order chi connectivity index (χ1) is 13.0. The Hall–Kier alpha value is -1.54. The fourth-order valence-electron chi connectivity index (χ4n) is 3.24. The minimum atomic E-state index is -3.27. The van der Waals surface area contributed by atoms with E-state index in [1.807, 2.05) is 0 Å². The zero-order valence-corrected chi connectivity index (χ0v) is 16.7. The first-order valence-electron chi connectivity index (χ1n) is 9.99. The van der Waals surface area contributed by atoms with E-state index in [1.54, 1.807) is 6.92 Å². The average Bonchev–Trinajstić information content (AvgIpc) is 2.95. The third-order valence-electron chi connectivity index (χ3n) is 5.19. The van der Waals surface area contributed by atoms with Crippen molar-refractivity contribution in [2.45, 2.75) is 95.3 Å². The number of carboxylic acids is 1. The van der Waals surface area contributed by atoms with Crippen LogP contribution >= 0.6 is 0 Å². The summed E-state index contributed by atoms with van der Waals surface area (Å²) in [7, 11) is 0. The van der Waals surface area contributed by atoms with Gasteiger partial charge in [0.1, 0.15) is 5.60 Å². The van der Waals surface area contributed by atoms with E-state index in [-0.39, 0.29) is 25.3 Å². The molecule has 0 saturated carbocycles. The molecule has 6 nitrogen and oxygen atoms in total. The van der Waals surface area contributed by atoms with Crippen LogP contribution in [0.3, 0.4) is 0 Å². The molecule has 3 atom stereocenters. The number of carbonyl (C=O) groups is 2. The van der Waals surface area contributed by atoms with Crippen LogP contribution in [0.5, 0.6) is 0 Å². The van der Waals surface area contributed by atoms with Crippen LogP contribution in [-0.4, -0.2) is 62.3 Å². The number of carbonyl (C=O) groups excluding carboxylic acids is 1. The topological polar surface area (TPSA) is 98.1 Å². The van der Waals surface area contributed by atoms with E-state index in [9.17, 15) is 28.6 Å². The van der Waals surface area contributed by atoms with Crippen molar-refractivity contribution in [2.24, 2.45) is 0 Å². The Morgan fingerprint density at radius 1 is 1.36 bits per heavy atom. The fraction of sp³-hybridized carbons (Fsp3) is 0.800. The van der Waals surface area contributed by atoms with Crippen LogP contribution in [0.2, 0.25) is 0 Å². The summed E-state index contributed by atoms with van der Waals surface area (Å²) in [5.41, 5.74) is -2.31. The van der Waals surface area contributed by atoms with E-state index >= 15 is 0 Å². The summed E-state index contributed by atoms with van der Waals surface area (Å²) in [6.45, 7) is 2.93. The van der Waals surface area contributed by atoms with E-state index in [2.05, 4.69) is 0 Å². The van der Waals surface area contributed by atoms with E-state index in [4.69, 9.17) is 5.11 Å². The maximum Gasteiger partial charge on any atom is 0.303 e. The summed E-state index contributed by atoms with van der Waals surface area (Å²) in [5, 5.41) is 29.0. The van der Waals surface area contributed by atoms with Gasteiger partial charge in [-0.05, 0) is 38.7 Å². The number of aliphatic carboxylic acids is 1. The molecule has 1 aliphatic heterocycles. The van der Waals surface area contributed by atoms with Crippen LogP contribution in [0.1, 0.15) is 71.6 Å². The second kappa shape index (κ2) is 10.9. The van der Waals surface area contributed by atoms with Crippen molar-refractivity contribution in [3.63, 3.8) is 0 Å². The highest BCUT2D eigenvalue weighted by Gasteiger charge is 2.46. The lowest BCUT2D eigenvalue weighted by atomic mass is 9.92. The van der Waals surface area contributed by atoms with Gasteiger partial charge in [-0.3, -0.25) is 9.59 Å². The van der Waals surface area contributed by atoms with Crippen LogP contribution < -0.4 is 0 Å². The van der Waals surface area contributed by atoms with Crippen LogP contribution in [0.4, 0.5) is 8.78 Å². The molecule has 8 heteroatoms. The van der Waals surface area contributed by atoms with Gasteiger partial charge in [0, 0.05) is 25.8 Å². The molecule has 0 radical (unpaired) electrons. The van der Waals surface area contributed by atoms with Gasteiger partial charge in [0.05, 0.1) is 12.1 Å². The Morgan fingerprint density at radius 3 is 2.64 bits per heavy atom. The van der Waals surface area contributed by atoms with Gasteiger partial charge in [-0.25, -0.2) is 8.78 Å². The summed E-state index contributed by atoms with van der Waals surface area (Å²) >= 11 is 0. The fourth-order valence-corrected chi connectivity index (χ4v) is 3.24. The predicted molar refractivity (Wildman–Crippen MR) is 101 cm³/mol. The number of amides is 1. The molecule has 0 spiro atoms. The molecule has 1 fully saturated rings. The van der Waals surface area contributed by atoms with Crippen molar-refractivity contribution in [3.8, 4) is 0 Å². The van der Waals surface area contributed by atoms with E-state index in [0.29, 0.717) is 38.5 Å². The van der Waals surface area contributed by atoms with Gasteiger partial charge in [-0.15, -0.1) is 0 Å². The molecule has 0 aliphatic carbocycles. The molecule has 1 saturated heterocycles. The molecule has 0 aromatic heterocycles. The summed E-state index contributed by atoms with van der Waals surface area (Å²) in [5.74, 6) is -4.33. The van der Waals surface area contributed by atoms with Gasteiger partial charge in [0.15, 0.2) is 0 Å². The molecule has 1 rings (SSSR count). The Kier molecular flexibility index (Phi) is 9.50. The maximum atomic E-state index is 14.2. The minimum Gasteiger partial charge on any atom is -0.481 e. The van der Waals surface area contributed by atoms with Crippen molar-refractivity contribution in [1.29, 1.82) is 0 Å². The summed E-state index contributed by atoms with van der Waals surface area (Å²) in [6, 6.07) is -0.449. The van der Waals surface area contributed by atoms with Gasteiger partial charge in [-0.2, -0.15) is 0 Å². The zero-order chi connectivity index (χ0) is 21.4. The highest BCUT2D eigenvalue weighted by Crippen LogP contribution is 2.35. The number of aliphatic hydroxyl groups is 2. The molecular formula is C20H33F2NO5. The van der Waals surface area contributed by atoms with Crippen molar-refractivity contribution in [2.75, 3.05) is 6.54 Å². The smallest absolute Gasteiger partial charge is 0.303 e. The largest absolute Gasteiger partial charge is 0.481 e. The average molecular weight is 405 g/mol. The van der Waals surface area contributed by atoms with E-state index < -0.39 is 36.1 Å². The Labute approximate surface area is 165 Å². The number of carboxylic acid groups (broad SMARTS) is 1. The zero-order valence-electron chi connectivity index (χ0n) is 16.7. The van der Waals surface area contributed by atoms with Crippen molar-refractivity contribution in [3.05, 3.63) is 12.2 Å². The maximum absolute atomic E-state index is 14.2. The van der Waals surface area contributed by atoms with E-state index in [1.165, 1.54) is 11.0 Å². The van der Waals surface area contributed by atoms with Gasteiger partial charge in [0.2, 0.25) is 5.91 Å². The predicted octanol–water partition coefficient (Wildman–Crippen LogP) is 3.12. The number of likely N-dealkylation sites (tertiary alicyclic amines) is 1. The Morgan fingerprint density at radius 2 is 2.04 bits per heavy atom. The van der Waals surface area contributed by atoms with Gasteiger partial charge < -0.3 is 20.2 Å². The molecule has 28 heavy (non-hydrogen) atoms. The molecule has 3 N–H and O–H groups in total. The second-order valence-electron chi connectivity index (χ2n) is 7.76. The molecule has 0 aromatic rings. The molecule has 0 aromatic carbocycles. The third kappa shape index (κ3) is 7.47. The van der Waals surface area contributed by atoms with Crippen LogP contribution in [0.25, 0.3) is 0 Å². The lowest BCUT2D eigenvalue weighted by molar-refractivity contribution is -0.150. The molecule has 1 heterocycles. The molecule has 0 bridgehead atoms. The molecule has 1 amide bonds. The molecule has 162 valence electrons. The number of hydrogen-bond acceptors (Lipinski definition) is 4. The summed E-state index contributed by atoms with van der Waals surface area (Å²) < 4.78 is 28.4. The number of rotatable bonds is 13. The van der Waals surface area contributed by atoms with Crippen LogP contribution in [-0.2, 0) is 9.59 Å². The minimum absolute atomic E-state index is 0.0298. The van der Waals surface area contributed by atoms with Crippen molar-refractivity contribution < 1.29 is 33.7 Å². The van der Waals surface area contributed by atoms with E-state index in [0.717, 1.165) is 13.0 Å². The number of nitrogens with zero attached hydrogens (tertiary/aromatic N) is 1. The highest BCUT2D eigenvalue weighted by molar-refractivity contribution is 5.79. The highest BCUT2D eigenvalue weighted by atomic mass is 19.3. The monoisotopic (exact) mass is 405 g/mol. The number of aliphatic hydroxyl groups excluding tert-OH is 1.